The molecule has 0 aliphatic heterocycles. The lowest BCUT2D eigenvalue weighted by Gasteiger charge is -2.15. The highest BCUT2D eigenvalue weighted by molar-refractivity contribution is 5.97. The second kappa shape index (κ2) is 8.62. The second-order valence-corrected chi connectivity index (χ2v) is 7.07. The molecule has 0 aliphatic carbocycles. The van der Waals surface area contributed by atoms with Gasteiger partial charge in [0, 0.05) is 0 Å². The Kier molecular flexibility index (Phi) is 5.57. The van der Waals surface area contributed by atoms with Crippen molar-refractivity contribution in [3.05, 3.63) is 102 Å². The van der Waals surface area contributed by atoms with Crippen LogP contribution in [0.4, 0.5) is 0 Å². The molecule has 0 spiro atoms. The summed E-state index contributed by atoms with van der Waals surface area (Å²) in [6.45, 7) is 1.75. The third-order valence-corrected chi connectivity index (χ3v) is 5.02. The molecule has 4 rings (SSSR count). The van der Waals surface area contributed by atoms with Gasteiger partial charge in [0.15, 0.2) is 5.69 Å². The molecule has 0 bridgehead atoms. The van der Waals surface area contributed by atoms with Crippen LogP contribution in [0.25, 0.3) is 16.8 Å². The van der Waals surface area contributed by atoms with E-state index in [2.05, 4.69) is 15.6 Å². The molecule has 0 radical (unpaired) electrons. The van der Waals surface area contributed by atoms with E-state index >= 15 is 0 Å². The van der Waals surface area contributed by atoms with Crippen LogP contribution in [0, 0.1) is 6.92 Å². The van der Waals surface area contributed by atoms with E-state index in [1.165, 1.54) is 0 Å². The van der Waals surface area contributed by atoms with Gasteiger partial charge in [-0.15, -0.1) is 5.10 Å². The molecule has 0 aliphatic rings. The zero-order valence-corrected chi connectivity index (χ0v) is 16.9. The van der Waals surface area contributed by atoms with Gasteiger partial charge in [-0.05, 0) is 35.7 Å². The minimum absolute atomic E-state index is 0.134. The molecule has 3 aromatic carbocycles. The van der Waals surface area contributed by atoms with Crippen molar-refractivity contribution in [3.8, 4) is 16.8 Å². The summed E-state index contributed by atoms with van der Waals surface area (Å²) in [5.41, 5.74) is 9.75. The first kappa shape index (κ1) is 20.0. The van der Waals surface area contributed by atoms with E-state index in [0.717, 1.165) is 16.8 Å². The summed E-state index contributed by atoms with van der Waals surface area (Å²) in [6, 6.07) is 25.7. The van der Waals surface area contributed by atoms with Gasteiger partial charge in [0.1, 0.15) is 6.04 Å². The monoisotopic (exact) mass is 411 g/mol. The van der Waals surface area contributed by atoms with E-state index < -0.39 is 17.9 Å². The van der Waals surface area contributed by atoms with Crippen LogP contribution in [0.5, 0.6) is 0 Å². The molecular formula is C24H21N5O2. The lowest BCUT2D eigenvalue weighted by Crippen LogP contribution is -2.37. The summed E-state index contributed by atoms with van der Waals surface area (Å²) >= 11 is 0. The van der Waals surface area contributed by atoms with Crippen LogP contribution in [0.1, 0.15) is 27.8 Å². The minimum Gasteiger partial charge on any atom is -0.368 e. The molecule has 0 saturated carbocycles. The zero-order valence-electron chi connectivity index (χ0n) is 16.9. The number of hydrogen-bond donors (Lipinski definition) is 2. The van der Waals surface area contributed by atoms with E-state index in [0.29, 0.717) is 11.3 Å². The lowest BCUT2D eigenvalue weighted by molar-refractivity contribution is -0.120. The number of nitrogens with one attached hydrogen (secondary N) is 1. The average molecular weight is 411 g/mol. The number of carbonyl (C=O) groups is 2. The Bertz CT molecular complexity index is 1200. The number of amides is 2. The molecule has 1 unspecified atom stereocenters. The van der Waals surface area contributed by atoms with E-state index in [4.69, 9.17) is 5.73 Å². The third kappa shape index (κ3) is 4.20. The Morgan fingerprint density at radius 3 is 2.06 bits per heavy atom. The van der Waals surface area contributed by atoms with Gasteiger partial charge in [-0.25, -0.2) is 4.68 Å². The van der Waals surface area contributed by atoms with Gasteiger partial charge in [0.25, 0.3) is 5.91 Å². The van der Waals surface area contributed by atoms with Gasteiger partial charge in [0.2, 0.25) is 5.91 Å². The fraction of sp³-hybridized carbons (Fsp3) is 0.0833. The van der Waals surface area contributed by atoms with Crippen LogP contribution in [-0.2, 0) is 4.79 Å². The number of benzene rings is 3. The summed E-state index contributed by atoms with van der Waals surface area (Å²) in [5.74, 6) is -1.17. The summed E-state index contributed by atoms with van der Waals surface area (Å²) in [5, 5.41) is 10.8. The highest BCUT2D eigenvalue weighted by Gasteiger charge is 2.24. The number of primary amides is 1. The fourth-order valence-electron chi connectivity index (χ4n) is 3.37. The minimum atomic E-state index is -0.955. The maximum Gasteiger partial charge on any atom is 0.274 e. The Morgan fingerprint density at radius 1 is 0.871 bits per heavy atom. The standard InChI is InChI=1S/C24H21N5O2/c1-16-21(24(31)26-22(23(25)30)19-10-6-3-7-11-19)27-28-29(16)20-14-12-18(13-15-20)17-8-4-2-5-9-17/h2-15,22H,1H3,(H2,25,30)(H,26,31). The molecule has 7 nitrogen and oxygen atoms in total. The van der Waals surface area contributed by atoms with Crippen LogP contribution in [0.15, 0.2) is 84.9 Å². The molecule has 0 saturated heterocycles. The SMILES string of the molecule is Cc1c(C(=O)NC(C(N)=O)c2ccccc2)nnn1-c1ccc(-c2ccccc2)cc1. The van der Waals surface area contributed by atoms with E-state index in [9.17, 15) is 9.59 Å². The van der Waals surface area contributed by atoms with Crippen molar-refractivity contribution in [1.82, 2.24) is 20.3 Å². The zero-order chi connectivity index (χ0) is 21.8. The number of hydrogen-bond acceptors (Lipinski definition) is 4. The van der Waals surface area contributed by atoms with Gasteiger partial charge >= 0.3 is 0 Å². The second-order valence-electron chi connectivity index (χ2n) is 7.07. The smallest absolute Gasteiger partial charge is 0.274 e. The number of aromatic nitrogens is 3. The summed E-state index contributed by atoms with van der Waals surface area (Å²) in [6.07, 6.45) is 0. The predicted octanol–water partition coefficient (Wildman–Crippen LogP) is 3.20. The Morgan fingerprint density at radius 2 is 1.45 bits per heavy atom. The van der Waals surface area contributed by atoms with Crippen LogP contribution in [-0.4, -0.2) is 26.8 Å². The third-order valence-electron chi connectivity index (χ3n) is 5.02. The van der Waals surface area contributed by atoms with Crippen LogP contribution in [0.3, 0.4) is 0 Å². The Balaban J connectivity index is 1.56. The van der Waals surface area contributed by atoms with Crippen LogP contribution in [0.2, 0.25) is 0 Å². The average Bonchev–Trinajstić information content (AvgIpc) is 3.19. The molecule has 2 amide bonds. The van der Waals surface area contributed by atoms with Gasteiger partial charge in [-0.1, -0.05) is 78.0 Å². The molecule has 3 N–H and O–H groups in total. The van der Waals surface area contributed by atoms with Crippen molar-refractivity contribution in [2.24, 2.45) is 5.73 Å². The van der Waals surface area contributed by atoms with E-state index in [1.54, 1.807) is 35.9 Å². The van der Waals surface area contributed by atoms with Crippen molar-refractivity contribution in [2.45, 2.75) is 13.0 Å². The molecule has 1 aromatic heterocycles. The Labute approximate surface area is 179 Å². The molecule has 31 heavy (non-hydrogen) atoms. The van der Waals surface area contributed by atoms with Crippen molar-refractivity contribution < 1.29 is 9.59 Å². The molecule has 1 atom stereocenters. The molecular weight excluding hydrogens is 390 g/mol. The van der Waals surface area contributed by atoms with Crippen molar-refractivity contribution in [1.29, 1.82) is 0 Å². The highest BCUT2D eigenvalue weighted by atomic mass is 16.2. The van der Waals surface area contributed by atoms with Crippen molar-refractivity contribution >= 4 is 11.8 Å². The van der Waals surface area contributed by atoms with Crippen molar-refractivity contribution in [2.75, 3.05) is 0 Å². The first-order chi connectivity index (χ1) is 15.0. The largest absolute Gasteiger partial charge is 0.368 e. The topological polar surface area (TPSA) is 103 Å². The highest BCUT2D eigenvalue weighted by Crippen LogP contribution is 2.21. The molecule has 1 heterocycles. The molecule has 154 valence electrons. The fourth-order valence-corrected chi connectivity index (χ4v) is 3.37. The van der Waals surface area contributed by atoms with Gasteiger partial charge in [-0.3, -0.25) is 9.59 Å². The number of nitrogens with two attached hydrogens (primary N) is 1. The van der Waals surface area contributed by atoms with E-state index in [-0.39, 0.29) is 5.69 Å². The summed E-state index contributed by atoms with van der Waals surface area (Å²) in [4.78, 5) is 24.7. The van der Waals surface area contributed by atoms with Crippen LogP contribution >= 0.6 is 0 Å². The van der Waals surface area contributed by atoms with Crippen LogP contribution < -0.4 is 11.1 Å². The lowest BCUT2D eigenvalue weighted by atomic mass is 10.1. The van der Waals surface area contributed by atoms with Gasteiger partial charge in [0.05, 0.1) is 11.4 Å². The molecule has 7 heteroatoms. The molecule has 0 fully saturated rings. The number of nitrogens with zero attached hydrogens (tertiary/aromatic N) is 3. The Hall–Kier alpha value is -4.26. The maximum absolute atomic E-state index is 12.8. The number of rotatable bonds is 6. The summed E-state index contributed by atoms with van der Waals surface area (Å²) in [7, 11) is 0. The van der Waals surface area contributed by atoms with Gasteiger partial charge < -0.3 is 11.1 Å². The summed E-state index contributed by atoms with van der Waals surface area (Å²) < 4.78 is 1.59. The van der Waals surface area contributed by atoms with Crippen molar-refractivity contribution in [3.63, 3.8) is 0 Å². The van der Waals surface area contributed by atoms with Gasteiger partial charge in [-0.2, -0.15) is 0 Å². The first-order valence-corrected chi connectivity index (χ1v) is 9.78. The van der Waals surface area contributed by atoms with E-state index in [1.807, 2.05) is 60.7 Å². The predicted molar refractivity (Wildman–Crippen MR) is 117 cm³/mol. The maximum atomic E-state index is 12.8. The quantitative estimate of drug-likeness (QED) is 0.508. The number of carbonyl (C=O) groups excluding carboxylic acids is 2. The molecule has 4 aromatic rings. The first-order valence-electron chi connectivity index (χ1n) is 9.78. The normalized spacial score (nSPS) is 11.6.